The Morgan fingerprint density at radius 3 is 2.24 bits per heavy atom. The number of piperazine rings is 1. The van der Waals surface area contributed by atoms with E-state index in [1.165, 1.54) is 11.1 Å². The van der Waals surface area contributed by atoms with Crippen molar-refractivity contribution in [3.8, 4) is 0 Å². The minimum atomic E-state index is 0.0174. The van der Waals surface area contributed by atoms with Crippen molar-refractivity contribution in [3.63, 3.8) is 0 Å². The molecule has 1 saturated heterocycles. The van der Waals surface area contributed by atoms with Crippen LogP contribution in [-0.2, 0) is 0 Å². The van der Waals surface area contributed by atoms with Crippen LogP contribution in [0.2, 0.25) is 0 Å². The minimum Gasteiger partial charge on any atom is -0.322 e. The Labute approximate surface area is 128 Å². The molecule has 1 unspecified atom stereocenters. The topological polar surface area (TPSA) is 35.6 Å². The zero-order valence-electron chi connectivity index (χ0n) is 13.6. The van der Waals surface area contributed by atoms with Crippen LogP contribution in [-0.4, -0.2) is 48.1 Å². The SMILES string of the molecule is CCC(C)N1CCN(C(=O)Nc2cc(C)cc(C)c2)CC1. The maximum Gasteiger partial charge on any atom is 0.321 e. The lowest BCUT2D eigenvalue weighted by atomic mass is 10.1. The Morgan fingerprint density at radius 2 is 1.71 bits per heavy atom. The molecule has 0 spiro atoms. The van der Waals surface area contributed by atoms with Gasteiger partial charge in [-0.25, -0.2) is 4.79 Å². The second-order valence-corrected chi connectivity index (χ2v) is 6.09. The van der Waals surface area contributed by atoms with E-state index in [9.17, 15) is 4.79 Å². The van der Waals surface area contributed by atoms with Crippen molar-refractivity contribution in [1.29, 1.82) is 0 Å². The number of amides is 2. The van der Waals surface area contributed by atoms with Crippen LogP contribution in [0.25, 0.3) is 0 Å². The zero-order chi connectivity index (χ0) is 15.4. The average Bonchev–Trinajstić information content (AvgIpc) is 2.45. The van der Waals surface area contributed by atoms with Crippen molar-refractivity contribution < 1.29 is 4.79 Å². The summed E-state index contributed by atoms with van der Waals surface area (Å²) < 4.78 is 0. The Bertz CT molecular complexity index is 473. The number of anilines is 1. The predicted octanol–water partition coefficient (Wildman–Crippen LogP) is 3.25. The lowest BCUT2D eigenvalue weighted by Crippen LogP contribution is -2.52. The number of rotatable bonds is 3. The van der Waals surface area contributed by atoms with Gasteiger partial charge in [0.1, 0.15) is 0 Å². The molecule has 4 nitrogen and oxygen atoms in total. The fourth-order valence-corrected chi connectivity index (χ4v) is 2.87. The number of urea groups is 1. The number of benzene rings is 1. The monoisotopic (exact) mass is 289 g/mol. The van der Waals surface area contributed by atoms with Gasteiger partial charge in [-0.15, -0.1) is 0 Å². The number of nitrogens with zero attached hydrogens (tertiary/aromatic N) is 2. The summed E-state index contributed by atoms with van der Waals surface area (Å²) in [4.78, 5) is 16.7. The first-order valence-corrected chi connectivity index (χ1v) is 7.88. The van der Waals surface area contributed by atoms with E-state index >= 15 is 0 Å². The lowest BCUT2D eigenvalue weighted by Gasteiger charge is -2.37. The third-order valence-electron chi connectivity index (χ3n) is 4.29. The molecule has 1 heterocycles. The molecule has 1 aromatic rings. The molecular formula is C17H27N3O. The zero-order valence-corrected chi connectivity index (χ0v) is 13.6. The van der Waals surface area contributed by atoms with E-state index < -0.39 is 0 Å². The Morgan fingerprint density at radius 1 is 1.14 bits per heavy atom. The summed E-state index contributed by atoms with van der Waals surface area (Å²) in [7, 11) is 0. The molecule has 2 rings (SSSR count). The summed E-state index contributed by atoms with van der Waals surface area (Å²) in [6.45, 7) is 12.1. The molecular weight excluding hydrogens is 262 g/mol. The van der Waals surface area contributed by atoms with E-state index in [0.717, 1.165) is 38.3 Å². The summed E-state index contributed by atoms with van der Waals surface area (Å²) in [6, 6.07) is 6.76. The van der Waals surface area contributed by atoms with Crippen molar-refractivity contribution >= 4 is 11.7 Å². The molecule has 1 aliphatic rings. The number of carbonyl (C=O) groups is 1. The van der Waals surface area contributed by atoms with Gasteiger partial charge in [0.2, 0.25) is 0 Å². The molecule has 1 fully saturated rings. The third kappa shape index (κ3) is 4.21. The van der Waals surface area contributed by atoms with Gasteiger partial charge < -0.3 is 10.2 Å². The second kappa shape index (κ2) is 6.94. The smallest absolute Gasteiger partial charge is 0.321 e. The van der Waals surface area contributed by atoms with E-state index in [2.05, 4.69) is 30.1 Å². The van der Waals surface area contributed by atoms with Crippen molar-refractivity contribution in [2.45, 2.75) is 40.2 Å². The Hall–Kier alpha value is -1.55. The van der Waals surface area contributed by atoms with Gasteiger partial charge in [-0.2, -0.15) is 0 Å². The fraction of sp³-hybridized carbons (Fsp3) is 0.588. The summed E-state index contributed by atoms with van der Waals surface area (Å²) in [5.74, 6) is 0. The number of hydrogen-bond donors (Lipinski definition) is 1. The highest BCUT2D eigenvalue weighted by Gasteiger charge is 2.23. The highest BCUT2D eigenvalue weighted by atomic mass is 16.2. The molecule has 1 aromatic carbocycles. The quantitative estimate of drug-likeness (QED) is 0.927. The molecule has 21 heavy (non-hydrogen) atoms. The van der Waals surface area contributed by atoms with Crippen molar-refractivity contribution in [2.75, 3.05) is 31.5 Å². The molecule has 0 aromatic heterocycles. The molecule has 0 saturated carbocycles. The molecule has 0 bridgehead atoms. The molecule has 2 amide bonds. The molecule has 1 atom stereocenters. The highest BCUT2D eigenvalue weighted by molar-refractivity contribution is 5.89. The average molecular weight is 289 g/mol. The van der Waals surface area contributed by atoms with Crippen LogP contribution in [0.3, 0.4) is 0 Å². The number of hydrogen-bond acceptors (Lipinski definition) is 2. The van der Waals surface area contributed by atoms with Crippen molar-refractivity contribution in [3.05, 3.63) is 29.3 Å². The van der Waals surface area contributed by atoms with E-state index in [4.69, 9.17) is 0 Å². The van der Waals surface area contributed by atoms with Gasteiger partial charge in [-0.05, 0) is 50.5 Å². The van der Waals surface area contributed by atoms with Crippen molar-refractivity contribution in [2.24, 2.45) is 0 Å². The maximum atomic E-state index is 12.3. The van der Waals surface area contributed by atoms with Crippen LogP contribution < -0.4 is 5.32 Å². The van der Waals surface area contributed by atoms with Crippen LogP contribution in [0.5, 0.6) is 0 Å². The maximum absolute atomic E-state index is 12.3. The number of nitrogens with one attached hydrogen (secondary N) is 1. The molecule has 4 heteroatoms. The van der Waals surface area contributed by atoms with Gasteiger partial charge in [0, 0.05) is 37.9 Å². The van der Waals surface area contributed by atoms with Gasteiger partial charge in [0.05, 0.1) is 0 Å². The van der Waals surface area contributed by atoms with Crippen LogP contribution in [0.1, 0.15) is 31.4 Å². The van der Waals surface area contributed by atoms with E-state index in [0.29, 0.717) is 6.04 Å². The van der Waals surface area contributed by atoms with Crippen LogP contribution >= 0.6 is 0 Å². The largest absolute Gasteiger partial charge is 0.322 e. The third-order valence-corrected chi connectivity index (χ3v) is 4.29. The molecule has 116 valence electrons. The van der Waals surface area contributed by atoms with Gasteiger partial charge in [0.15, 0.2) is 0 Å². The predicted molar refractivity (Wildman–Crippen MR) is 87.8 cm³/mol. The van der Waals surface area contributed by atoms with Gasteiger partial charge >= 0.3 is 6.03 Å². The first kappa shape index (κ1) is 15.8. The molecule has 0 radical (unpaired) electrons. The van der Waals surface area contributed by atoms with Crippen LogP contribution in [0.15, 0.2) is 18.2 Å². The fourth-order valence-electron chi connectivity index (χ4n) is 2.87. The molecule has 1 N–H and O–H groups in total. The summed E-state index contributed by atoms with van der Waals surface area (Å²) in [5, 5.41) is 3.02. The summed E-state index contributed by atoms with van der Waals surface area (Å²) in [5.41, 5.74) is 3.24. The number of carbonyl (C=O) groups excluding carboxylic acids is 1. The highest BCUT2D eigenvalue weighted by Crippen LogP contribution is 2.15. The molecule has 1 aliphatic heterocycles. The van der Waals surface area contributed by atoms with E-state index in [1.807, 2.05) is 30.9 Å². The van der Waals surface area contributed by atoms with Gasteiger partial charge in [-0.1, -0.05) is 13.0 Å². The minimum absolute atomic E-state index is 0.0174. The van der Waals surface area contributed by atoms with E-state index in [1.54, 1.807) is 0 Å². The van der Waals surface area contributed by atoms with Crippen molar-refractivity contribution in [1.82, 2.24) is 9.80 Å². The summed E-state index contributed by atoms with van der Waals surface area (Å²) >= 11 is 0. The Balaban J connectivity index is 1.90. The molecule has 0 aliphatic carbocycles. The van der Waals surface area contributed by atoms with Gasteiger partial charge in [-0.3, -0.25) is 4.90 Å². The normalized spacial score (nSPS) is 17.6. The first-order chi connectivity index (χ1) is 9.99. The second-order valence-electron chi connectivity index (χ2n) is 6.09. The van der Waals surface area contributed by atoms with Crippen LogP contribution in [0.4, 0.5) is 10.5 Å². The van der Waals surface area contributed by atoms with Crippen LogP contribution in [0, 0.1) is 13.8 Å². The summed E-state index contributed by atoms with van der Waals surface area (Å²) in [6.07, 6.45) is 1.16. The Kier molecular flexibility index (Phi) is 5.23. The number of aryl methyl sites for hydroxylation is 2. The van der Waals surface area contributed by atoms with Gasteiger partial charge in [0.25, 0.3) is 0 Å². The lowest BCUT2D eigenvalue weighted by molar-refractivity contribution is 0.117. The first-order valence-electron chi connectivity index (χ1n) is 7.88. The standard InChI is InChI=1S/C17H27N3O/c1-5-15(4)19-6-8-20(9-7-19)17(21)18-16-11-13(2)10-14(3)12-16/h10-12,15H,5-9H2,1-4H3,(H,18,21). The van der Waals surface area contributed by atoms with E-state index in [-0.39, 0.29) is 6.03 Å².